The molecule has 0 unspecified atom stereocenters. The van der Waals surface area contributed by atoms with Gasteiger partial charge in [0, 0.05) is 43.6 Å². The minimum absolute atomic E-state index is 0.0225. The van der Waals surface area contributed by atoms with E-state index in [1.807, 2.05) is 6.08 Å². The van der Waals surface area contributed by atoms with Crippen LogP contribution in [0, 0.1) is 5.92 Å². The van der Waals surface area contributed by atoms with Crippen molar-refractivity contribution in [2.24, 2.45) is 5.92 Å². The Morgan fingerprint density at radius 1 is 1.27 bits per heavy atom. The van der Waals surface area contributed by atoms with Crippen LogP contribution in [0.4, 0.5) is 0 Å². The lowest BCUT2D eigenvalue weighted by molar-refractivity contribution is -0.137. The smallest absolute Gasteiger partial charge is 0.260 e. The summed E-state index contributed by atoms with van der Waals surface area (Å²) in [5.41, 5.74) is 0.169. The van der Waals surface area contributed by atoms with Crippen LogP contribution < -0.4 is 10.1 Å². The molecule has 2 fully saturated rings. The number of nitrogens with zero attached hydrogens (tertiary/aromatic N) is 2. The summed E-state index contributed by atoms with van der Waals surface area (Å²) >= 11 is 0. The molecule has 0 N–H and O–H groups in total. The Labute approximate surface area is 198 Å². The third-order valence-electron chi connectivity index (χ3n) is 6.27. The predicted molar refractivity (Wildman–Crippen MR) is 130 cm³/mol. The van der Waals surface area contributed by atoms with Crippen molar-refractivity contribution < 1.29 is 23.5 Å². The molecule has 0 aliphatic carbocycles. The Kier molecular flexibility index (Phi) is 8.50. The number of rotatable bonds is 11. The van der Waals surface area contributed by atoms with Crippen LogP contribution >= 0.6 is 0 Å². The van der Waals surface area contributed by atoms with Gasteiger partial charge in [0.1, 0.15) is 5.75 Å². The second-order valence-corrected chi connectivity index (χ2v) is 14.3. The zero-order chi connectivity index (χ0) is 24.1. The molecule has 2 aliphatic rings. The minimum Gasteiger partial charge on any atom is -0.484 e. The molecule has 2 aliphatic heterocycles. The van der Waals surface area contributed by atoms with Gasteiger partial charge in [0.2, 0.25) is 0 Å². The van der Waals surface area contributed by atoms with E-state index in [9.17, 15) is 9.59 Å². The Balaban J connectivity index is 1.58. The fraction of sp³-hybridized carbons (Fsp3) is 0.600. The van der Waals surface area contributed by atoms with Crippen LogP contribution in [0.2, 0.25) is 19.6 Å². The van der Waals surface area contributed by atoms with Crippen LogP contribution in [0.1, 0.15) is 30.1 Å². The van der Waals surface area contributed by atoms with Gasteiger partial charge in [-0.15, -0.1) is 6.58 Å². The highest BCUT2D eigenvalue weighted by Crippen LogP contribution is 2.40. The van der Waals surface area contributed by atoms with Gasteiger partial charge in [0.05, 0.1) is 18.8 Å². The summed E-state index contributed by atoms with van der Waals surface area (Å²) in [6.45, 7) is 15.5. The largest absolute Gasteiger partial charge is 0.484 e. The monoisotopic (exact) mass is 473 g/mol. The molecule has 0 saturated carbocycles. The van der Waals surface area contributed by atoms with Gasteiger partial charge in [-0.25, -0.2) is 5.32 Å². The zero-order valence-corrected chi connectivity index (χ0v) is 21.3. The van der Waals surface area contributed by atoms with Crippen LogP contribution in [0.25, 0.3) is 0 Å². The molecule has 0 bridgehead atoms. The minimum atomic E-state index is -1.69. The summed E-state index contributed by atoms with van der Waals surface area (Å²) in [5, 5.41) is 4.77. The van der Waals surface area contributed by atoms with E-state index in [-0.39, 0.29) is 30.3 Å². The first-order valence-corrected chi connectivity index (χ1v) is 15.1. The lowest BCUT2D eigenvalue weighted by Crippen LogP contribution is -2.65. The number of carbonyl (C=O) groups excluding carboxylic acids is 2. The molecule has 8 heteroatoms. The number of ether oxygens (including phenoxy) is 2. The van der Waals surface area contributed by atoms with Crippen molar-refractivity contribution in [3.8, 4) is 5.75 Å². The van der Waals surface area contributed by atoms with Crippen LogP contribution in [0.5, 0.6) is 5.75 Å². The first kappa shape index (κ1) is 25.6. The first-order chi connectivity index (χ1) is 15.6. The van der Waals surface area contributed by atoms with Crippen LogP contribution in [0.3, 0.4) is 0 Å². The molecule has 2 saturated heterocycles. The Morgan fingerprint density at radius 2 is 1.94 bits per heavy atom. The molecule has 1 radical (unpaired) electrons. The average molecular weight is 474 g/mol. The molecule has 3 atom stereocenters. The molecule has 7 nitrogen and oxygen atoms in total. The average Bonchev–Trinajstić information content (AvgIpc) is 2.76. The van der Waals surface area contributed by atoms with E-state index in [1.165, 1.54) is 0 Å². The second kappa shape index (κ2) is 10.9. The molecule has 0 aromatic heterocycles. The summed E-state index contributed by atoms with van der Waals surface area (Å²) in [6.07, 6.45) is 2.90. The summed E-state index contributed by atoms with van der Waals surface area (Å²) in [4.78, 5) is 27.1. The Bertz CT molecular complexity index is 832. The molecule has 2 heterocycles. The maximum atomic E-state index is 13.1. The van der Waals surface area contributed by atoms with Crippen molar-refractivity contribution in [3.63, 3.8) is 0 Å². The summed E-state index contributed by atoms with van der Waals surface area (Å²) < 4.78 is 17.2. The fourth-order valence-corrected chi connectivity index (χ4v) is 5.85. The lowest BCUT2D eigenvalue weighted by Gasteiger charge is -2.52. The van der Waals surface area contributed by atoms with Gasteiger partial charge in [-0.1, -0.05) is 6.08 Å². The van der Waals surface area contributed by atoms with Crippen molar-refractivity contribution in [1.29, 1.82) is 0 Å². The highest BCUT2D eigenvalue weighted by Gasteiger charge is 2.51. The highest BCUT2D eigenvalue weighted by atomic mass is 28.4. The van der Waals surface area contributed by atoms with Gasteiger partial charge in [0.15, 0.2) is 20.7 Å². The normalized spacial score (nSPS) is 24.0. The number of morpholine rings is 1. The Morgan fingerprint density at radius 3 is 2.48 bits per heavy atom. The maximum absolute atomic E-state index is 13.1. The number of benzene rings is 1. The fourth-order valence-electron chi connectivity index (χ4n) is 4.57. The van der Waals surface area contributed by atoms with E-state index in [0.717, 1.165) is 6.54 Å². The van der Waals surface area contributed by atoms with E-state index in [0.29, 0.717) is 50.5 Å². The topological polar surface area (TPSA) is 79.2 Å². The van der Waals surface area contributed by atoms with Gasteiger partial charge in [-0.2, -0.15) is 0 Å². The number of hydrogen-bond acceptors (Lipinski definition) is 5. The Hall–Kier alpha value is -2.00. The molecule has 0 spiro atoms. The molecular formula is C25H37N2O5Si. The number of amides is 1. The summed E-state index contributed by atoms with van der Waals surface area (Å²) in [7, 11) is -1.69. The molecule has 1 amide bonds. The van der Waals surface area contributed by atoms with Gasteiger partial charge in [-0.05, 0) is 57.3 Å². The van der Waals surface area contributed by atoms with E-state index in [4.69, 9.17) is 19.2 Å². The molecule has 1 aromatic rings. The van der Waals surface area contributed by atoms with Crippen molar-refractivity contribution in [2.75, 3.05) is 39.5 Å². The molecule has 3 rings (SSSR count). The third-order valence-corrected chi connectivity index (χ3v) is 7.34. The van der Waals surface area contributed by atoms with Gasteiger partial charge < -0.3 is 18.8 Å². The van der Waals surface area contributed by atoms with E-state index in [2.05, 4.69) is 33.1 Å². The second-order valence-electron chi connectivity index (χ2n) is 9.89. The zero-order valence-electron chi connectivity index (χ0n) is 20.3. The molecule has 181 valence electrons. The van der Waals surface area contributed by atoms with Crippen LogP contribution in [0.15, 0.2) is 36.9 Å². The van der Waals surface area contributed by atoms with E-state index < -0.39 is 13.9 Å². The van der Waals surface area contributed by atoms with Crippen molar-refractivity contribution in [1.82, 2.24) is 10.2 Å². The first-order valence-electron chi connectivity index (χ1n) is 11.7. The van der Waals surface area contributed by atoms with Crippen LogP contribution in [-0.4, -0.2) is 76.0 Å². The standard InChI is InChI=1S/C25H37N2O5Si/c1-6-11-25(22(17-26-25)19(2)32-33(3,4)5)16-23(28)20-7-9-21(10-8-20)31-18-24(29)27-12-14-30-15-13-27/h6-10,19,22H,1,11-18H2,2-5H3/t19-,22-,25-/m1/s1. The van der Waals surface area contributed by atoms with Crippen molar-refractivity contribution in [3.05, 3.63) is 42.5 Å². The quantitative estimate of drug-likeness (QED) is 0.280. The molecular weight excluding hydrogens is 436 g/mol. The summed E-state index contributed by atoms with van der Waals surface area (Å²) in [5.74, 6) is 0.760. The van der Waals surface area contributed by atoms with Crippen molar-refractivity contribution in [2.45, 2.75) is 51.0 Å². The van der Waals surface area contributed by atoms with Gasteiger partial charge in [0.25, 0.3) is 5.91 Å². The molecule has 33 heavy (non-hydrogen) atoms. The molecule has 1 aromatic carbocycles. The van der Waals surface area contributed by atoms with Crippen LogP contribution in [-0.2, 0) is 14.0 Å². The van der Waals surface area contributed by atoms with Crippen molar-refractivity contribution >= 4 is 20.0 Å². The third kappa shape index (κ3) is 6.76. The highest BCUT2D eigenvalue weighted by molar-refractivity contribution is 6.69. The number of Topliss-reactive ketones (excluding diaryl/α,β-unsaturated/α-hetero) is 1. The van der Waals surface area contributed by atoms with E-state index >= 15 is 0 Å². The number of carbonyl (C=O) groups is 2. The number of hydrogen-bond donors (Lipinski definition) is 0. The summed E-state index contributed by atoms with van der Waals surface area (Å²) in [6, 6.07) is 7.00. The predicted octanol–water partition coefficient (Wildman–Crippen LogP) is 3.29. The van der Waals surface area contributed by atoms with Gasteiger partial charge >= 0.3 is 0 Å². The number of ketones is 1. The van der Waals surface area contributed by atoms with Gasteiger partial charge in [-0.3, -0.25) is 9.59 Å². The van der Waals surface area contributed by atoms with E-state index in [1.54, 1.807) is 29.2 Å². The lowest BCUT2D eigenvalue weighted by atomic mass is 9.68. The maximum Gasteiger partial charge on any atom is 0.260 e. The SMILES string of the molecule is C=CC[C@]1(CC(=O)c2ccc(OCC(=O)N3CCOCC3)cc2)[N]C[C@@H]1[C@@H](C)O[Si](C)(C)C.